The van der Waals surface area contributed by atoms with Crippen LogP contribution in [0.3, 0.4) is 0 Å². The average molecular weight is 405 g/mol. The number of amides is 1. The number of hydrogen-bond acceptors (Lipinski definition) is 7. The first-order valence-corrected chi connectivity index (χ1v) is 10.4. The van der Waals surface area contributed by atoms with E-state index in [-0.39, 0.29) is 18.3 Å². The Morgan fingerprint density at radius 2 is 2.00 bits per heavy atom. The van der Waals surface area contributed by atoms with Crippen LogP contribution in [0.2, 0.25) is 0 Å². The number of para-hydroxylation sites is 1. The maximum Gasteiger partial charge on any atom is 0.277 e. The summed E-state index contributed by atoms with van der Waals surface area (Å²) in [6, 6.07) is 12.8. The summed E-state index contributed by atoms with van der Waals surface area (Å²) < 4.78 is 11.0. The molecule has 1 fully saturated rings. The summed E-state index contributed by atoms with van der Waals surface area (Å²) in [5, 5.41) is 13.8. The normalized spacial score (nSPS) is 14.4. The Kier molecular flexibility index (Phi) is 6.89. The molecule has 0 saturated carbocycles. The van der Waals surface area contributed by atoms with E-state index in [1.54, 1.807) is 18.2 Å². The fraction of sp³-hybridized carbons (Fsp3) is 0.263. The molecule has 2 aromatic carbocycles. The highest BCUT2D eigenvalue weighted by molar-refractivity contribution is 8.19. The molecule has 0 aliphatic carbocycles. The Balaban J connectivity index is 1.47. The van der Waals surface area contributed by atoms with Crippen molar-refractivity contribution in [1.29, 1.82) is 0 Å². The highest BCUT2D eigenvalue weighted by atomic mass is 32.2. The summed E-state index contributed by atoms with van der Waals surface area (Å²) in [7, 11) is 1.47. The van der Waals surface area contributed by atoms with Crippen LogP contribution in [-0.2, 0) is 4.79 Å². The summed E-state index contributed by atoms with van der Waals surface area (Å²) >= 11 is 3.89. The SMILES string of the molecule is COc1cccc(/C=N/NC(=O)COc2ccc(C3SCCS3)cc2)c1O. The molecule has 0 bridgehead atoms. The molecule has 8 heteroatoms. The maximum atomic E-state index is 11.8. The number of aromatic hydroxyl groups is 1. The van der Waals surface area contributed by atoms with Gasteiger partial charge in [-0.2, -0.15) is 5.10 Å². The molecule has 142 valence electrons. The lowest BCUT2D eigenvalue weighted by molar-refractivity contribution is -0.123. The molecule has 0 atom stereocenters. The van der Waals surface area contributed by atoms with Crippen molar-refractivity contribution in [2.24, 2.45) is 5.10 Å². The largest absolute Gasteiger partial charge is 0.504 e. The third kappa shape index (κ3) is 5.33. The van der Waals surface area contributed by atoms with Gasteiger partial charge in [-0.25, -0.2) is 5.43 Å². The van der Waals surface area contributed by atoms with Crippen LogP contribution in [0.4, 0.5) is 0 Å². The summed E-state index contributed by atoms with van der Waals surface area (Å²) in [5.74, 6) is 2.92. The molecule has 1 aliphatic heterocycles. The lowest BCUT2D eigenvalue weighted by atomic mass is 10.2. The van der Waals surface area contributed by atoms with Crippen molar-refractivity contribution in [3.8, 4) is 17.2 Å². The van der Waals surface area contributed by atoms with Crippen molar-refractivity contribution in [1.82, 2.24) is 5.43 Å². The molecule has 0 unspecified atom stereocenters. The zero-order chi connectivity index (χ0) is 19.1. The smallest absolute Gasteiger partial charge is 0.277 e. The second-order valence-corrected chi connectivity index (χ2v) is 8.35. The molecule has 3 rings (SSSR count). The monoisotopic (exact) mass is 404 g/mol. The molecule has 1 amide bonds. The van der Waals surface area contributed by atoms with Gasteiger partial charge in [-0.1, -0.05) is 18.2 Å². The van der Waals surface area contributed by atoms with Gasteiger partial charge in [0, 0.05) is 17.1 Å². The number of nitrogens with zero attached hydrogens (tertiary/aromatic N) is 1. The summed E-state index contributed by atoms with van der Waals surface area (Å²) in [4.78, 5) is 11.8. The highest BCUT2D eigenvalue weighted by Crippen LogP contribution is 2.45. The number of phenolic OH excluding ortho intramolecular Hbond substituents is 1. The number of rotatable bonds is 7. The van der Waals surface area contributed by atoms with E-state index in [1.165, 1.54) is 30.4 Å². The predicted octanol–water partition coefficient (Wildman–Crippen LogP) is 3.41. The average Bonchev–Trinajstić information content (AvgIpc) is 3.23. The number of nitrogens with one attached hydrogen (secondary N) is 1. The van der Waals surface area contributed by atoms with Crippen LogP contribution < -0.4 is 14.9 Å². The van der Waals surface area contributed by atoms with E-state index >= 15 is 0 Å². The van der Waals surface area contributed by atoms with Crippen molar-refractivity contribution in [3.05, 3.63) is 53.6 Å². The van der Waals surface area contributed by atoms with Gasteiger partial charge in [-0.3, -0.25) is 4.79 Å². The lowest BCUT2D eigenvalue weighted by Crippen LogP contribution is -2.24. The Hall–Kier alpha value is -2.32. The van der Waals surface area contributed by atoms with Crippen LogP contribution in [0.25, 0.3) is 0 Å². The molecule has 0 aromatic heterocycles. The predicted molar refractivity (Wildman–Crippen MR) is 110 cm³/mol. The van der Waals surface area contributed by atoms with Crippen LogP contribution in [0, 0.1) is 0 Å². The van der Waals surface area contributed by atoms with Gasteiger partial charge in [-0.15, -0.1) is 23.5 Å². The van der Waals surface area contributed by atoms with Crippen molar-refractivity contribution in [2.75, 3.05) is 25.2 Å². The number of thioether (sulfide) groups is 2. The molecule has 1 saturated heterocycles. The molecule has 2 N–H and O–H groups in total. The van der Waals surface area contributed by atoms with Crippen LogP contribution in [0.15, 0.2) is 47.6 Å². The minimum atomic E-state index is -0.389. The number of phenols is 1. The van der Waals surface area contributed by atoms with Crippen LogP contribution in [0.5, 0.6) is 17.2 Å². The van der Waals surface area contributed by atoms with Gasteiger partial charge in [0.15, 0.2) is 18.1 Å². The third-order valence-electron chi connectivity index (χ3n) is 3.79. The zero-order valence-electron chi connectivity index (χ0n) is 14.8. The van der Waals surface area contributed by atoms with Crippen molar-refractivity contribution >= 4 is 35.6 Å². The fourth-order valence-electron chi connectivity index (χ4n) is 2.44. The number of ether oxygens (including phenoxy) is 2. The fourth-order valence-corrected chi connectivity index (χ4v) is 5.29. The highest BCUT2D eigenvalue weighted by Gasteiger charge is 2.17. The molecule has 1 heterocycles. The van der Waals surface area contributed by atoms with Crippen LogP contribution in [-0.4, -0.2) is 42.5 Å². The number of hydrogen-bond donors (Lipinski definition) is 2. The third-order valence-corrected chi connectivity index (χ3v) is 6.89. The van der Waals surface area contributed by atoms with Crippen LogP contribution >= 0.6 is 23.5 Å². The summed E-state index contributed by atoms with van der Waals surface area (Å²) in [6.45, 7) is -0.145. The second kappa shape index (κ2) is 9.57. The summed E-state index contributed by atoms with van der Waals surface area (Å²) in [5.41, 5.74) is 4.07. The Bertz CT molecular complexity index is 806. The minimum absolute atomic E-state index is 0.0343. The van der Waals surface area contributed by atoms with E-state index in [1.807, 2.05) is 47.8 Å². The van der Waals surface area contributed by atoms with Gasteiger partial charge in [-0.05, 0) is 29.8 Å². The number of carbonyl (C=O) groups is 1. The molecular formula is C19H20N2O4S2. The Labute approximate surface area is 166 Å². The maximum absolute atomic E-state index is 11.8. The van der Waals surface area contributed by atoms with Crippen molar-refractivity contribution in [2.45, 2.75) is 4.58 Å². The van der Waals surface area contributed by atoms with Gasteiger partial charge in [0.05, 0.1) is 17.9 Å². The van der Waals surface area contributed by atoms with Crippen LogP contribution in [0.1, 0.15) is 15.7 Å². The zero-order valence-corrected chi connectivity index (χ0v) is 16.4. The number of hydrazone groups is 1. The van der Waals surface area contributed by atoms with E-state index in [0.717, 1.165) is 0 Å². The van der Waals surface area contributed by atoms with Crippen molar-refractivity contribution in [3.63, 3.8) is 0 Å². The molecule has 0 radical (unpaired) electrons. The summed E-state index contributed by atoms with van der Waals surface area (Å²) in [6.07, 6.45) is 1.35. The number of methoxy groups -OCH3 is 1. The Morgan fingerprint density at radius 3 is 2.70 bits per heavy atom. The van der Waals surface area contributed by atoms with Crippen molar-refractivity contribution < 1.29 is 19.4 Å². The van der Waals surface area contributed by atoms with Gasteiger partial charge < -0.3 is 14.6 Å². The van der Waals surface area contributed by atoms with E-state index in [9.17, 15) is 9.90 Å². The molecule has 1 aliphatic rings. The topological polar surface area (TPSA) is 80.2 Å². The van der Waals surface area contributed by atoms with Gasteiger partial charge >= 0.3 is 0 Å². The number of benzene rings is 2. The first kappa shape index (κ1) is 19.4. The molecule has 27 heavy (non-hydrogen) atoms. The van der Waals surface area contributed by atoms with Gasteiger partial charge in [0.2, 0.25) is 0 Å². The van der Waals surface area contributed by atoms with Gasteiger partial charge in [0.1, 0.15) is 5.75 Å². The molecular weight excluding hydrogens is 384 g/mol. The standard InChI is InChI=1S/C19H20N2O4S2/c1-24-16-4-2-3-14(18(16)23)11-20-21-17(22)12-25-15-7-5-13(6-8-15)19-26-9-10-27-19/h2-8,11,19,23H,9-10,12H2,1H3,(H,21,22)/b20-11+. The number of carbonyl (C=O) groups excluding carboxylic acids is 1. The first-order chi connectivity index (χ1) is 13.2. The molecule has 2 aromatic rings. The van der Waals surface area contributed by atoms with E-state index in [4.69, 9.17) is 9.47 Å². The Morgan fingerprint density at radius 1 is 1.26 bits per heavy atom. The molecule has 0 spiro atoms. The molecule has 6 nitrogen and oxygen atoms in total. The van der Waals surface area contributed by atoms with E-state index in [0.29, 0.717) is 21.6 Å². The second-order valence-electron chi connectivity index (χ2n) is 5.62. The quantitative estimate of drug-likeness (QED) is 0.544. The van der Waals surface area contributed by atoms with E-state index in [2.05, 4.69) is 10.5 Å². The minimum Gasteiger partial charge on any atom is -0.504 e. The van der Waals surface area contributed by atoms with Gasteiger partial charge in [0.25, 0.3) is 5.91 Å². The first-order valence-electron chi connectivity index (χ1n) is 8.31. The van der Waals surface area contributed by atoms with E-state index < -0.39 is 0 Å². The lowest BCUT2D eigenvalue weighted by Gasteiger charge is -2.10.